The van der Waals surface area contributed by atoms with E-state index >= 15 is 0 Å². The Kier molecular flexibility index (Phi) is 6.97. The lowest BCUT2D eigenvalue weighted by molar-refractivity contribution is -0.118. The Morgan fingerprint density at radius 1 is 1.17 bits per heavy atom. The zero-order valence-corrected chi connectivity index (χ0v) is 17.4. The Bertz CT molecular complexity index is 1010. The van der Waals surface area contributed by atoms with E-state index in [-0.39, 0.29) is 39.5 Å². The number of morpholine rings is 1. The van der Waals surface area contributed by atoms with Crippen molar-refractivity contribution in [3.63, 3.8) is 0 Å². The fourth-order valence-electron chi connectivity index (χ4n) is 2.64. The van der Waals surface area contributed by atoms with Gasteiger partial charge in [-0.3, -0.25) is 4.79 Å². The van der Waals surface area contributed by atoms with Crippen LogP contribution in [0.2, 0.25) is 10.0 Å². The third kappa shape index (κ3) is 5.37. The van der Waals surface area contributed by atoms with E-state index in [4.69, 9.17) is 32.7 Å². The standard InChI is InChI=1S/C18H17Cl2FN2O5S/c19-12-1-4-16(17(9-12)29(25,26)23-5-7-27-8-6-23)28-11-18(24)22-13-2-3-15(21)14(20)10-13/h1-4,9-10H,5-8,11H2,(H,22,24). The molecule has 2 aromatic rings. The van der Waals surface area contributed by atoms with E-state index in [9.17, 15) is 17.6 Å². The monoisotopic (exact) mass is 462 g/mol. The predicted octanol–water partition coefficient (Wildman–Crippen LogP) is 3.17. The van der Waals surface area contributed by atoms with Crippen molar-refractivity contribution in [3.05, 3.63) is 52.3 Å². The second kappa shape index (κ2) is 9.27. The SMILES string of the molecule is O=C(COc1ccc(Cl)cc1S(=O)(=O)N1CCOCC1)Nc1ccc(F)c(Cl)c1. The second-order valence-electron chi connectivity index (χ2n) is 6.07. The van der Waals surface area contributed by atoms with Gasteiger partial charge in [-0.15, -0.1) is 0 Å². The minimum Gasteiger partial charge on any atom is -0.482 e. The Morgan fingerprint density at radius 2 is 1.90 bits per heavy atom. The number of sulfonamides is 1. The number of rotatable bonds is 6. The van der Waals surface area contributed by atoms with E-state index in [0.29, 0.717) is 13.2 Å². The molecule has 29 heavy (non-hydrogen) atoms. The Morgan fingerprint density at radius 3 is 2.59 bits per heavy atom. The van der Waals surface area contributed by atoms with Gasteiger partial charge in [0.25, 0.3) is 5.91 Å². The lowest BCUT2D eigenvalue weighted by Crippen LogP contribution is -2.40. The molecule has 1 N–H and O–H groups in total. The van der Waals surface area contributed by atoms with Crippen LogP contribution in [0.15, 0.2) is 41.3 Å². The number of anilines is 1. The van der Waals surface area contributed by atoms with Crippen LogP contribution in [0.5, 0.6) is 5.75 Å². The molecule has 0 radical (unpaired) electrons. The molecule has 1 aliphatic heterocycles. The summed E-state index contributed by atoms with van der Waals surface area (Å²) < 4.78 is 51.0. The van der Waals surface area contributed by atoms with Gasteiger partial charge in [-0.2, -0.15) is 4.31 Å². The van der Waals surface area contributed by atoms with Crippen molar-refractivity contribution in [3.8, 4) is 5.75 Å². The minimum atomic E-state index is -3.88. The maximum absolute atomic E-state index is 13.2. The third-order valence-electron chi connectivity index (χ3n) is 4.06. The van der Waals surface area contributed by atoms with Crippen LogP contribution in [0.1, 0.15) is 0 Å². The molecule has 1 fully saturated rings. The summed E-state index contributed by atoms with van der Waals surface area (Å²) >= 11 is 11.7. The van der Waals surface area contributed by atoms with Gasteiger partial charge >= 0.3 is 0 Å². The molecule has 0 spiro atoms. The molecule has 1 saturated heterocycles. The van der Waals surface area contributed by atoms with Gasteiger partial charge in [-0.1, -0.05) is 23.2 Å². The first kappa shape index (κ1) is 21.8. The molecule has 0 aliphatic carbocycles. The molecular weight excluding hydrogens is 446 g/mol. The average Bonchev–Trinajstić information content (AvgIpc) is 2.70. The molecule has 7 nitrogen and oxygen atoms in total. The van der Waals surface area contributed by atoms with Gasteiger partial charge in [0.1, 0.15) is 16.5 Å². The zero-order valence-electron chi connectivity index (χ0n) is 15.0. The van der Waals surface area contributed by atoms with E-state index < -0.39 is 28.4 Å². The minimum absolute atomic E-state index is 0.00631. The summed E-state index contributed by atoms with van der Waals surface area (Å²) in [5.74, 6) is -1.19. The van der Waals surface area contributed by atoms with Crippen LogP contribution in [0.3, 0.4) is 0 Å². The average molecular weight is 463 g/mol. The third-order valence-corrected chi connectivity index (χ3v) is 6.50. The van der Waals surface area contributed by atoms with E-state index in [0.717, 1.165) is 6.07 Å². The van der Waals surface area contributed by atoms with Crippen LogP contribution in [-0.2, 0) is 19.6 Å². The van der Waals surface area contributed by atoms with Crippen molar-refractivity contribution in [1.29, 1.82) is 0 Å². The molecule has 0 saturated carbocycles. The number of hydrogen-bond acceptors (Lipinski definition) is 5. The molecule has 0 aromatic heterocycles. The highest BCUT2D eigenvalue weighted by Gasteiger charge is 2.29. The number of carbonyl (C=O) groups is 1. The van der Waals surface area contributed by atoms with Crippen molar-refractivity contribution in [1.82, 2.24) is 4.31 Å². The van der Waals surface area contributed by atoms with Crippen molar-refractivity contribution < 1.29 is 27.1 Å². The number of nitrogens with zero attached hydrogens (tertiary/aromatic N) is 1. The van der Waals surface area contributed by atoms with Crippen LogP contribution in [0.25, 0.3) is 0 Å². The molecule has 156 valence electrons. The highest BCUT2D eigenvalue weighted by atomic mass is 35.5. The highest BCUT2D eigenvalue weighted by molar-refractivity contribution is 7.89. The van der Waals surface area contributed by atoms with E-state index in [1.54, 1.807) is 0 Å². The fourth-order valence-corrected chi connectivity index (χ4v) is 4.63. The maximum Gasteiger partial charge on any atom is 0.262 e. The van der Waals surface area contributed by atoms with Gasteiger partial charge in [0, 0.05) is 23.8 Å². The second-order valence-corrected chi connectivity index (χ2v) is 8.82. The number of halogens is 3. The van der Waals surface area contributed by atoms with Gasteiger partial charge in [0.15, 0.2) is 6.61 Å². The first-order chi connectivity index (χ1) is 13.8. The van der Waals surface area contributed by atoms with Gasteiger partial charge < -0.3 is 14.8 Å². The number of carbonyl (C=O) groups excluding carboxylic acids is 1. The molecule has 0 unspecified atom stereocenters. The summed E-state index contributed by atoms with van der Waals surface area (Å²) in [5, 5.41) is 2.57. The molecule has 1 heterocycles. The normalized spacial score (nSPS) is 15.1. The fraction of sp³-hybridized carbons (Fsp3) is 0.278. The van der Waals surface area contributed by atoms with Crippen LogP contribution >= 0.6 is 23.2 Å². The summed E-state index contributed by atoms with van der Waals surface area (Å²) in [7, 11) is -3.88. The van der Waals surface area contributed by atoms with E-state index in [2.05, 4.69) is 5.32 Å². The summed E-state index contributed by atoms with van der Waals surface area (Å²) in [6, 6.07) is 7.84. The highest BCUT2D eigenvalue weighted by Crippen LogP contribution is 2.30. The lowest BCUT2D eigenvalue weighted by atomic mass is 10.3. The summed E-state index contributed by atoms with van der Waals surface area (Å²) in [6.07, 6.45) is 0. The van der Waals surface area contributed by atoms with Crippen LogP contribution in [0.4, 0.5) is 10.1 Å². The zero-order chi connectivity index (χ0) is 21.0. The van der Waals surface area contributed by atoms with Gasteiger partial charge in [0.05, 0.1) is 18.2 Å². The molecular formula is C18H17Cl2FN2O5S. The molecule has 2 aromatic carbocycles. The molecule has 11 heteroatoms. The quantitative estimate of drug-likeness (QED) is 0.712. The molecule has 1 amide bonds. The van der Waals surface area contributed by atoms with Gasteiger partial charge in [-0.05, 0) is 36.4 Å². The molecule has 0 atom stereocenters. The lowest BCUT2D eigenvalue weighted by Gasteiger charge is -2.26. The van der Waals surface area contributed by atoms with Crippen molar-refractivity contribution in [2.24, 2.45) is 0 Å². The first-order valence-electron chi connectivity index (χ1n) is 8.52. The van der Waals surface area contributed by atoms with Crippen LogP contribution in [-0.4, -0.2) is 51.5 Å². The van der Waals surface area contributed by atoms with Gasteiger partial charge in [0.2, 0.25) is 10.0 Å². The maximum atomic E-state index is 13.2. The molecule has 3 rings (SSSR count). The van der Waals surface area contributed by atoms with Crippen LogP contribution in [0, 0.1) is 5.82 Å². The van der Waals surface area contributed by atoms with E-state index in [1.165, 1.54) is 34.6 Å². The largest absolute Gasteiger partial charge is 0.482 e. The van der Waals surface area contributed by atoms with Gasteiger partial charge in [-0.25, -0.2) is 12.8 Å². The predicted molar refractivity (Wildman–Crippen MR) is 107 cm³/mol. The molecule has 0 bridgehead atoms. The number of hydrogen-bond donors (Lipinski definition) is 1. The topological polar surface area (TPSA) is 84.9 Å². The summed E-state index contributed by atoms with van der Waals surface area (Å²) in [6.45, 7) is 0.527. The summed E-state index contributed by atoms with van der Waals surface area (Å²) in [5.41, 5.74) is 0.280. The Hall–Kier alpha value is -1.91. The number of nitrogens with one attached hydrogen (secondary N) is 1. The Labute approximate surface area is 177 Å². The van der Waals surface area contributed by atoms with E-state index in [1.807, 2.05) is 0 Å². The smallest absolute Gasteiger partial charge is 0.262 e. The van der Waals surface area contributed by atoms with Crippen molar-refractivity contribution in [2.75, 3.05) is 38.2 Å². The number of ether oxygens (including phenoxy) is 2. The van der Waals surface area contributed by atoms with Crippen LogP contribution < -0.4 is 10.1 Å². The summed E-state index contributed by atoms with van der Waals surface area (Å²) in [4.78, 5) is 12.0. The first-order valence-corrected chi connectivity index (χ1v) is 10.7. The molecule has 1 aliphatic rings. The Balaban J connectivity index is 1.73. The number of benzene rings is 2. The number of amides is 1. The van der Waals surface area contributed by atoms with Crippen molar-refractivity contribution in [2.45, 2.75) is 4.90 Å². The van der Waals surface area contributed by atoms with Crippen molar-refractivity contribution >= 4 is 44.8 Å².